The summed E-state index contributed by atoms with van der Waals surface area (Å²) < 4.78 is 5.53. The van der Waals surface area contributed by atoms with Gasteiger partial charge in [-0.05, 0) is 32.1 Å². The predicted molar refractivity (Wildman–Crippen MR) is 69.6 cm³/mol. The number of hydrogen-bond acceptors (Lipinski definition) is 3. The van der Waals surface area contributed by atoms with Crippen molar-refractivity contribution in [3.63, 3.8) is 0 Å². The van der Waals surface area contributed by atoms with E-state index in [1.807, 2.05) is 13.8 Å². The third-order valence-corrected chi connectivity index (χ3v) is 4.20. The molecule has 0 radical (unpaired) electrons. The molecule has 0 aromatic heterocycles. The van der Waals surface area contributed by atoms with E-state index in [-0.39, 0.29) is 17.9 Å². The van der Waals surface area contributed by atoms with Gasteiger partial charge in [-0.3, -0.25) is 9.59 Å². The highest BCUT2D eigenvalue weighted by Crippen LogP contribution is 2.37. The predicted octanol–water partition coefficient (Wildman–Crippen LogP) is 1.37. The quantitative estimate of drug-likeness (QED) is 0.822. The number of ether oxygens (including phenoxy) is 1. The van der Waals surface area contributed by atoms with Crippen LogP contribution in [0, 0.1) is 17.8 Å². The van der Waals surface area contributed by atoms with Crippen molar-refractivity contribution in [1.82, 2.24) is 4.90 Å². The Morgan fingerprint density at radius 3 is 2.58 bits per heavy atom. The lowest BCUT2D eigenvalue weighted by Crippen LogP contribution is -2.42. The Balaban J connectivity index is 2.06. The second-order valence-electron chi connectivity index (χ2n) is 5.95. The smallest absolute Gasteiger partial charge is 0.307 e. The Labute approximate surface area is 113 Å². The number of amides is 1. The van der Waals surface area contributed by atoms with Gasteiger partial charge in [-0.25, -0.2) is 0 Å². The minimum Gasteiger partial charge on any atom is -0.481 e. The first-order chi connectivity index (χ1) is 8.99. The van der Waals surface area contributed by atoms with Crippen LogP contribution < -0.4 is 0 Å². The number of hydrogen-bond donors (Lipinski definition) is 1. The molecule has 1 aliphatic carbocycles. The molecule has 2 aliphatic rings. The van der Waals surface area contributed by atoms with Crippen molar-refractivity contribution < 1.29 is 19.4 Å². The summed E-state index contributed by atoms with van der Waals surface area (Å²) in [4.78, 5) is 25.6. The molecule has 1 aliphatic heterocycles. The van der Waals surface area contributed by atoms with E-state index in [0.29, 0.717) is 38.5 Å². The molecule has 108 valence electrons. The van der Waals surface area contributed by atoms with Gasteiger partial charge >= 0.3 is 5.97 Å². The molecule has 5 nitrogen and oxygen atoms in total. The van der Waals surface area contributed by atoms with Gasteiger partial charge in [-0.1, -0.05) is 6.92 Å². The highest BCUT2D eigenvalue weighted by molar-refractivity contribution is 5.85. The zero-order chi connectivity index (χ0) is 14.0. The lowest BCUT2D eigenvalue weighted by molar-refractivity contribution is -0.149. The minimum atomic E-state index is -0.832. The molecule has 4 unspecified atom stereocenters. The fraction of sp³-hybridized carbons (Fsp3) is 0.857. The number of carboxylic acids is 1. The summed E-state index contributed by atoms with van der Waals surface area (Å²) in [6, 6.07) is 0. The summed E-state index contributed by atoms with van der Waals surface area (Å²) in [7, 11) is 0. The lowest BCUT2D eigenvalue weighted by Gasteiger charge is -2.27. The van der Waals surface area contributed by atoms with E-state index in [4.69, 9.17) is 4.74 Å². The van der Waals surface area contributed by atoms with Crippen LogP contribution in [-0.4, -0.2) is 47.7 Å². The van der Waals surface area contributed by atoms with E-state index in [9.17, 15) is 14.7 Å². The van der Waals surface area contributed by atoms with E-state index in [2.05, 4.69) is 0 Å². The van der Waals surface area contributed by atoms with Gasteiger partial charge in [0, 0.05) is 19.7 Å². The average molecular weight is 269 g/mol. The van der Waals surface area contributed by atoms with Gasteiger partial charge in [0.1, 0.15) is 0 Å². The lowest BCUT2D eigenvalue weighted by atomic mass is 9.94. The summed E-state index contributed by atoms with van der Waals surface area (Å²) >= 11 is 0. The molecule has 0 aromatic rings. The van der Waals surface area contributed by atoms with E-state index in [0.717, 1.165) is 6.42 Å². The highest BCUT2D eigenvalue weighted by Gasteiger charge is 2.43. The summed E-state index contributed by atoms with van der Waals surface area (Å²) in [5, 5.41) is 9.26. The Hall–Kier alpha value is -1.10. The molecule has 1 amide bonds. The van der Waals surface area contributed by atoms with Crippen molar-refractivity contribution in [2.75, 3.05) is 19.7 Å². The third kappa shape index (κ3) is 3.26. The second kappa shape index (κ2) is 5.90. The molecule has 0 bridgehead atoms. The van der Waals surface area contributed by atoms with E-state index >= 15 is 0 Å². The number of nitrogens with zero attached hydrogens (tertiary/aromatic N) is 1. The number of rotatable bonds is 2. The molecule has 1 N–H and O–H groups in total. The molecule has 5 heteroatoms. The molecule has 1 saturated carbocycles. The van der Waals surface area contributed by atoms with Crippen LogP contribution in [0.3, 0.4) is 0 Å². The largest absolute Gasteiger partial charge is 0.481 e. The van der Waals surface area contributed by atoms with Gasteiger partial charge in [0.2, 0.25) is 5.91 Å². The summed E-state index contributed by atoms with van der Waals surface area (Å²) in [6.07, 6.45) is 2.18. The van der Waals surface area contributed by atoms with Gasteiger partial charge in [-0.15, -0.1) is 0 Å². The van der Waals surface area contributed by atoms with Gasteiger partial charge in [-0.2, -0.15) is 0 Å². The van der Waals surface area contributed by atoms with Gasteiger partial charge in [0.05, 0.1) is 17.9 Å². The van der Waals surface area contributed by atoms with Gasteiger partial charge < -0.3 is 14.7 Å². The van der Waals surface area contributed by atoms with Crippen LogP contribution in [0.1, 0.15) is 33.1 Å². The van der Waals surface area contributed by atoms with Crippen molar-refractivity contribution in [2.24, 2.45) is 17.8 Å². The third-order valence-electron chi connectivity index (χ3n) is 4.20. The molecular formula is C14H23NO4. The van der Waals surface area contributed by atoms with Crippen LogP contribution in [0.2, 0.25) is 0 Å². The first-order valence-electron chi connectivity index (χ1n) is 7.12. The molecule has 2 rings (SSSR count). The number of carboxylic acid groups (broad SMARTS) is 1. The van der Waals surface area contributed by atoms with E-state index < -0.39 is 11.9 Å². The second-order valence-corrected chi connectivity index (χ2v) is 5.95. The van der Waals surface area contributed by atoms with Crippen LogP contribution in [0.5, 0.6) is 0 Å². The van der Waals surface area contributed by atoms with Crippen molar-refractivity contribution >= 4 is 11.9 Å². The molecule has 0 spiro atoms. The Bertz CT molecular complexity index is 357. The van der Waals surface area contributed by atoms with Gasteiger partial charge in [0.25, 0.3) is 0 Å². The Morgan fingerprint density at radius 2 is 1.89 bits per heavy atom. The first kappa shape index (κ1) is 14.3. The SMILES string of the molecule is CC1CC(C(=O)O)C(C(=O)N2CCCOC(C)C2)C1. The van der Waals surface area contributed by atoms with Crippen LogP contribution in [0.4, 0.5) is 0 Å². The Kier molecular flexibility index (Phi) is 4.45. The maximum absolute atomic E-state index is 12.6. The molecule has 2 fully saturated rings. The molecule has 0 aromatic carbocycles. The maximum Gasteiger partial charge on any atom is 0.307 e. The molecule has 1 heterocycles. The van der Waals surface area contributed by atoms with E-state index in [1.54, 1.807) is 4.90 Å². The Morgan fingerprint density at radius 1 is 1.21 bits per heavy atom. The summed E-state index contributed by atoms with van der Waals surface area (Å²) in [6.45, 7) is 5.92. The number of carbonyl (C=O) groups is 2. The first-order valence-corrected chi connectivity index (χ1v) is 7.12. The van der Waals surface area contributed by atoms with E-state index in [1.165, 1.54) is 0 Å². The molecule has 19 heavy (non-hydrogen) atoms. The fourth-order valence-electron chi connectivity index (χ4n) is 3.27. The zero-order valence-corrected chi connectivity index (χ0v) is 11.7. The zero-order valence-electron chi connectivity index (χ0n) is 11.7. The molecular weight excluding hydrogens is 246 g/mol. The maximum atomic E-state index is 12.6. The van der Waals surface area contributed by atoms with Gasteiger partial charge in [0.15, 0.2) is 0 Å². The molecule has 4 atom stereocenters. The minimum absolute atomic E-state index is 0.00843. The molecule has 1 saturated heterocycles. The summed E-state index contributed by atoms with van der Waals surface area (Å²) in [5.41, 5.74) is 0. The van der Waals surface area contributed by atoms with Crippen molar-refractivity contribution in [1.29, 1.82) is 0 Å². The van der Waals surface area contributed by atoms with Crippen molar-refractivity contribution in [3.05, 3.63) is 0 Å². The standard InChI is InChI=1S/C14H23NO4/c1-9-6-11(12(7-9)14(17)18)13(16)15-4-3-5-19-10(2)8-15/h9-12H,3-8H2,1-2H3,(H,17,18). The fourth-order valence-corrected chi connectivity index (χ4v) is 3.27. The average Bonchev–Trinajstić information content (AvgIpc) is 2.61. The van der Waals surface area contributed by atoms with Crippen molar-refractivity contribution in [3.8, 4) is 0 Å². The van der Waals surface area contributed by atoms with Crippen LogP contribution >= 0.6 is 0 Å². The summed E-state index contributed by atoms with van der Waals surface area (Å²) in [5.74, 6) is -1.37. The monoisotopic (exact) mass is 269 g/mol. The number of carbonyl (C=O) groups excluding carboxylic acids is 1. The topological polar surface area (TPSA) is 66.8 Å². The normalized spacial score (nSPS) is 36.0. The van der Waals surface area contributed by atoms with Crippen LogP contribution in [0.15, 0.2) is 0 Å². The van der Waals surface area contributed by atoms with Crippen LogP contribution in [0.25, 0.3) is 0 Å². The van der Waals surface area contributed by atoms with Crippen LogP contribution in [-0.2, 0) is 14.3 Å². The van der Waals surface area contributed by atoms with Crippen molar-refractivity contribution in [2.45, 2.75) is 39.2 Å². The number of aliphatic carboxylic acids is 1. The highest BCUT2D eigenvalue weighted by atomic mass is 16.5.